The summed E-state index contributed by atoms with van der Waals surface area (Å²) in [7, 11) is 0. The summed E-state index contributed by atoms with van der Waals surface area (Å²) in [6.45, 7) is 0. The first-order valence-corrected chi connectivity index (χ1v) is 0. The van der Waals surface area contributed by atoms with E-state index < -0.39 is 0 Å². The van der Waals surface area contributed by atoms with E-state index in [1.165, 1.54) is 0 Å². The SMILES string of the molecule is N.N.N.N.O.[OH-].[OH-].[OH-].[OH-].[Pt+4]. The molecule has 78 valence electrons. The van der Waals surface area contributed by atoms with Gasteiger partial charge in [-0.05, 0) is 0 Å². The van der Waals surface area contributed by atoms with Crippen LogP contribution in [-0.2, 0) is 21.1 Å². The predicted molar refractivity (Wildman–Crippen MR) is 31.4 cm³/mol. The van der Waals surface area contributed by atoms with Crippen LogP contribution in [0.15, 0.2) is 0 Å². The molecule has 0 unspecified atom stereocenters. The van der Waals surface area contributed by atoms with Gasteiger partial charge in [0.2, 0.25) is 0 Å². The smallest absolute Gasteiger partial charge is 0.870 e. The van der Waals surface area contributed by atoms with Crippen LogP contribution in [0.5, 0.6) is 0 Å². The van der Waals surface area contributed by atoms with Crippen molar-refractivity contribution in [3.63, 3.8) is 0 Å². The van der Waals surface area contributed by atoms with E-state index in [0.717, 1.165) is 0 Å². The quantitative estimate of drug-likeness (QED) is 0.424. The van der Waals surface area contributed by atoms with Crippen molar-refractivity contribution < 1.29 is 48.4 Å². The first-order chi connectivity index (χ1) is 0. The van der Waals surface area contributed by atoms with Gasteiger partial charge >= 0.3 is 21.1 Å². The molecule has 10 heavy (non-hydrogen) atoms. The molecule has 0 heterocycles. The molecule has 0 rings (SSSR count). The summed E-state index contributed by atoms with van der Waals surface area (Å²) in [5, 5.41) is 0. The Bertz CT molecular complexity index is 13.6. The van der Waals surface area contributed by atoms with Crippen molar-refractivity contribution in [3.05, 3.63) is 0 Å². The number of hydrogen-bond donors (Lipinski definition) is 4. The third kappa shape index (κ3) is 4150. The molecule has 0 saturated carbocycles. The van der Waals surface area contributed by atoms with Gasteiger partial charge in [-0.3, -0.25) is 0 Å². The van der Waals surface area contributed by atoms with Crippen LogP contribution in [0, 0.1) is 0 Å². The van der Waals surface area contributed by atoms with Crippen LogP contribution in [0.2, 0.25) is 0 Å². The van der Waals surface area contributed by atoms with Gasteiger partial charge in [-0.25, -0.2) is 0 Å². The normalized spacial score (nSPS) is 0. The summed E-state index contributed by atoms with van der Waals surface area (Å²) in [6, 6.07) is 0. The molecule has 0 aliphatic rings. The molecule has 18 N–H and O–H groups in total. The van der Waals surface area contributed by atoms with E-state index in [1.807, 2.05) is 0 Å². The van der Waals surface area contributed by atoms with Gasteiger partial charge < -0.3 is 52.0 Å². The molecule has 0 radical (unpaired) electrons. The molecule has 0 fully saturated rings. The largest absolute Gasteiger partial charge is 4.00 e. The molecule has 0 aromatic rings. The van der Waals surface area contributed by atoms with E-state index in [1.54, 1.807) is 0 Å². The van der Waals surface area contributed by atoms with E-state index in [2.05, 4.69) is 0 Å². The summed E-state index contributed by atoms with van der Waals surface area (Å²) in [5.74, 6) is 0. The third-order valence-corrected chi connectivity index (χ3v) is 0. The Morgan fingerprint density at radius 1 is 0.400 bits per heavy atom. The van der Waals surface area contributed by atoms with Crippen molar-refractivity contribution in [2.24, 2.45) is 0 Å². The molecular weight excluding hydrogens is 331 g/mol. The van der Waals surface area contributed by atoms with Crippen LogP contribution in [0.3, 0.4) is 0 Å². The Kier molecular flexibility index (Phi) is 5010000. The van der Waals surface area contributed by atoms with Crippen molar-refractivity contribution in [1.29, 1.82) is 0 Å². The van der Waals surface area contributed by atoms with E-state index in [9.17, 15) is 0 Å². The predicted octanol–water partition coefficient (Wildman–Crippen LogP) is -0.886. The zero-order valence-electron chi connectivity index (χ0n) is 5.43. The van der Waals surface area contributed by atoms with Gasteiger partial charge in [0.15, 0.2) is 0 Å². The van der Waals surface area contributed by atoms with Gasteiger partial charge in [0.05, 0.1) is 0 Å². The molecule has 0 bridgehead atoms. The Balaban J connectivity index is 0. The molecule has 0 spiro atoms. The standard InChI is InChI=1S/4H3N.5H2O.Pt/h4*1H3;5*1H2;/q;;;;;;;;;+4/p-4. The van der Waals surface area contributed by atoms with E-state index in [-0.39, 0.29) is 73.0 Å². The molecule has 0 amide bonds. The fraction of sp³-hybridized carbons (Fsp3) is 0. The van der Waals surface area contributed by atoms with Crippen LogP contribution in [0.4, 0.5) is 0 Å². The maximum Gasteiger partial charge on any atom is 4.00 e. The van der Waals surface area contributed by atoms with E-state index in [0.29, 0.717) is 0 Å². The van der Waals surface area contributed by atoms with Crippen LogP contribution in [-0.4, -0.2) is 27.4 Å². The van der Waals surface area contributed by atoms with Gasteiger partial charge in [-0.1, -0.05) is 0 Å². The molecule has 0 aliphatic carbocycles. The van der Waals surface area contributed by atoms with Crippen molar-refractivity contribution in [1.82, 2.24) is 24.6 Å². The fourth-order valence-electron chi connectivity index (χ4n) is 0. The molecule has 0 aromatic heterocycles. The molecule has 0 atom stereocenters. The van der Waals surface area contributed by atoms with Gasteiger partial charge in [-0.15, -0.1) is 0 Å². The average Bonchev–Trinajstić information content (AvgIpc) is 0. The van der Waals surface area contributed by atoms with Crippen LogP contribution >= 0.6 is 0 Å². The topological polar surface area (TPSA) is 292 Å². The molecular formula is H18N4O5Pt. The van der Waals surface area contributed by atoms with Crippen LogP contribution in [0.25, 0.3) is 0 Å². The maximum absolute atomic E-state index is 0. The zero-order valence-corrected chi connectivity index (χ0v) is 7.71. The maximum atomic E-state index is 0. The van der Waals surface area contributed by atoms with E-state index in [4.69, 9.17) is 0 Å². The molecule has 0 aromatic carbocycles. The molecule has 0 saturated heterocycles. The second-order valence-electron chi connectivity index (χ2n) is 0. The summed E-state index contributed by atoms with van der Waals surface area (Å²) < 4.78 is 0. The second kappa shape index (κ2) is 6000. The van der Waals surface area contributed by atoms with Gasteiger partial charge in [0.1, 0.15) is 0 Å². The van der Waals surface area contributed by atoms with E-state index >= 15 is 0 Å². The Morgan fingerprint density at radius 3 is 0.400 bits per heavy atom. The summed E-state index contributed by atoms with van der Waals surface area (Å²) in [6.07, 6.45) is 0. The third-order valence-electron chi connectivity index (χ3n) is 0. The Labute approximate surface area is 73.7 Å². The average molecular weight is 349 g/mol. The Hall–Kier alpha value is 0.328. The fourth-order valence-corrected chi connectivity index (χ4v) is 0. The van der Waals surface area contributed by atoms with Crippen LogP contribution < -0.4 is 24.6 Å². The molecule has 9 nitrogen and oxygen atoms in total. The minimum atomic E-state index is 0. The van der Waals surface area contributed by atoms with Crippen molar-refractivity contribution in [3.8, 4) is 0 Å². The number of hydrogen-bond acceptors (Lipinski definition) is 8. The first-order valence-electron chi connectivity index (χ1n) is 0. The van der Waals surface area contributed by atoms with Gasteiger partial charge in [-0.2, -0.15) is 0 Å². The summed E-state index contributed by atoms with van der Waals surface area (Å²) in [4.78, 5) is 0. The summed E-state index contributed by atoms with van der Waals surface area (Å²) >= 11 is 0. The van der Waals surface area contributed by atoms with Crippen molar-refractivity contribution in [2.75, 3.05) is 0 Å². The zero-order chi connectivity index (χ0) is 0. The van der Waals surface area contributed by atoms with Crippen molar-refractivity contribution >= 4 is 0 Å². The molecule has 10 heteroatoms. The van der Waals surface area contributed by atoms with Crippen LogP contribution in [0.1, 0.15) is 0 Å². The monoisotopic (exact) mass is 349 g/mol. The minimum absolute atomic E-state index is 0. The molecule has 0 aliphatic heterocycles. The number of rotatable bonds is 0. The summed E-state index contributed by atoms with van der Waals surface area (Å²) in [5.41, 5.74) is 0. The first kappa shape index (κ1) is 8340. The second-order valence-corrected chi connectivity index (χ2v) is 0. The van der Waals surface area contributed by atoms with Crippen molar-refractivity contribution in [2.45, 2.75) is 0 Å². The van der Waals surface area contributed by atoms with Gasteiger partial charge in [0, 0.05) is 0 Å². The van der Waals surface area contributed by atoms with Gasteiger partial charge in [0.25, 0.3) is 0 Å². The minimum Gasteiger partial charge on any atom is -0.870 e. The Morgan fingerprint density at radius 2 is 0.400 bits per heavy atom.